The molecule has 0 saturated carbocycles. The lowest BCUT2D eigenvalue weighted by Crippen LogP contribution is -2.59. The van der Waals surface area contributed by atoms with Crippen molar-refractivity contribution in [2.45, 2.75) is 54.7 Å². The Labute approximate surface area is 281 Å². The van der Waals surface area contributed by atoms with Crippen LogP contribution < -0.4 is 15.4 Å². The molecule has 10 nitrogen and oxygen atoms in total. The van der Waals surface area contributed by atoms with Crippen LogP contribution in [0.5, 0.6) is 5.75 Å². The van der Waals surface area contributed by atoms with E-state index in [0.717, 1.165) is 61.9 Å². The second-order valence-corrected chi connectivity index (χ2v) is 14.9. The maximum absolute atomic E-state index is 14.5. The first-order valence-electron chi connectivity index (χ1n) is 15.3. The van der Waals surface area contributed by atoms with Crippen molar-refractivity contribution < 1.29 is 40.2 Å². The number of rotatable bonds is 8. The number of anilines is 1. The van der Waals surface area contributed by atoms with Crippen LogP contribution in [0, 0.1) is 23.6 Å². The Morgan fingerprint density at radius 2 is 1.96 bits per heavy atom. The Kier molecular flexibility index (Phi) is 10.5. The zero-order valence-corrected chi connectivity index (χ0v) is 28.4. The highest BCUT2D eigenvalue weighted by atomic mass is 32.2. The minimum Gasteiger partial charge on any atom is -0.495 e. The van der Waals surface area contributed by atoms with E-state index in [1.54, 1.807) is 0 Å². The molecule has 2 saturated heterocycles. The molecule has 2 aromatic carbocycles. The summed E-state index contributed by atoms with van der Waals surface area (Å²) >= 11 is 4.91. The van der Waals surface area contributed by atoms with E-state index in [1.807, 2.05) is 6.92 Å². The maximum Gasteiger partial charge on any atom is 0.406 e. The molecule has 1 amide bonds. The monoisotopic (exact) mass is 711 g/mol. The number of alkyl halides is 3. The Hall–Kier alpha value is -3.52. The number of fused-ring (bicyclic) bond motifs is 1. The minimum absolute atomic E-state index is 0.0398. The van der Waals surface area contributed by atoms with Crippen LogP contribution in [0.15, 0.2) is 35.5 Å². The molecule has 3 heterocycles. The Bertz CT molecular complexity index is 1850. The molecule has 0 bridgehead atoms. The number of thiol groups is 1. The number of halogens is 4. The summed E-state index contributed by atoms with van der Waals surface area (Å²) < 4.78 is 90.1. The van der Waals surface area contributed by atoms with Gasteiger partial charge in [0, 0.05) is 62.2 Å². The molecule has 2 atom stereocenters. The number of likely N-dealkylation sites (tertiary alicyclic amines) is 1. The number of piperidine rings is 1. The average molecular weight is 712 g/mol. The number of aromatic nitrogens is 2. The normalized spacial score (nSPS) is 21.0. The van der Waals surface area contributed by atoms with Crippen molar-refractivity contribution in [2.24, 2.45) is 5.92 Å². The second-order valence-electron chi connectivity index (χ2n) is 12.2. The lowest BCUT2D eigenvalue weighted by atomic mass is 9.90. The molecular formula is C32H37F4N5O5S2. The molecular weight excluding hydrogens is 675 g/mol. The molecule has 2 fully saturated rings. The molecule has 2 aliphatic heterocycles. The number of nitrogens with one attached hydrogen (secondary N) is 2. The van der Waals surface area contributed by atoms with Gasteiger partial charge in [-0.15, -0.1) is 0 Å². The van der Waals surface area contributed by atoms with Crippen molar-refractivity contribution >= 4 is 45.1 Å². The summed E-state index contributed by atoms with van der Waals surface area (Å²) in [5, 5.41) is 5.89. The number of amides is 1. The predicted molar refractivity (Wildman–Crippen MR) is 176 cm³/mol. The number of carbonyl (C=O) groups excluding carboxylic acids is 1. The van der Waals surface area contributed by atoms with Gasteiger partial charge in [-0.3, -0.25) is 9.69 Å². The van der Waals surface area contributed by atoms with E-state index in [9.17, 15) is 30.8 Å². The molecule has 0 spiro atoms. The third-order valence-electron chi connectivity index (χ3n) is 8.71. The van der Waals surface area contributed by atoms with Crippen LogP contribution in [0.3, 0.4) is 0 Å². The molecule has 2 aliphatic rings. The number of hydrogen-bond donors (Lipinski definition) is 3. The van der Waals surface area contributed by atoms with Crippen LogP contribution in [-0.2, 0) is 21.1 Å². The molecule has 0 unspecified atom stereocenters. The van der Waals surface area contributed by atoms with Gasteiger partial charge in [-0.25, -0.2) is 17.8 Å². The lowest BCUT2D eigenvalue weighted by Gasteiger charge is -2.47. The second kappa shape index (κ2) is 14.1. The van der Waals surface area contributed by atoms with Crippen molar-refractivity contribution in [1.29, 1.82) is 0 Å². The molecule has 16 heteroatoms. The zero-order valence-electron chi connectivity index (χ0n) is 26.7. The number of ether oxygens (including phenoxy) is 2. The van der Waals surface area contributed by atoms with Gasteiger partial charge in [0.15, 0.2) is 9.84 Å². The highest BCUT2D eigenvalue weighted by Gasteiger charge is 2.41. The third-order valence-corrected chi connectivity index (χ3v) is 10.6. The van der Waals surface area contributed by atoms with Crippen LogP contribution in [-0.4, -0.2) is 92.1 Å². The van der Waals surface area contributed by atoms with Gasteiger partial charge in [-0.2, -0.15) is 25.8 Å². The van der Waals surface area contributed by atoms with Crippen molar-refractivity contribution in [3.63, 3.8) is 0 Å². The maximum atomic E-state index is 14.5. The van der Waals surface area contributed by atoms with E-state index in [1.165, 1.54) is 19.2 Å². The van der Waals surface area contributed by atoms with Gasteiger partial charge >= 0.3 is 6.18 Å². The van der Waals surface area contributed by atoms with Crippen LogP contribution in [0.25, 0.3) is 11.0 Å². The SMILES string of the molecule is COc1cc(S(C)(=O)=O)c(F)cc1NCC#Cc1cc(C(=O)N[C@]2(S)CCN(C3CCOCC3)C[C@@H]2C)c2ncn(CC(F)(F)F)c2c1. The van der Waals surface area contributed by atoms with Crippen molar-refractivity contribution in [3.05, 3.63) is 47.5 Å². The zero-order chi connectivity index (χ0) is 34.9. The van der Waals surface area contributed by atoms with E-state index in [-0.39, 0.29) is 46.1 Å². The van der Waals surface area contributed by atoms with Gasteiger partial charge in [-0.1, -0.05) is 18.8 Å². The first-order valence-corrected chi connectivity index (χ1v) is 17.6. The van der Waals surface area contributed by atoms with Gasteiger partial charge in [0.05, 0.1) is 41.6 Å². The highest BCUT2D eigenvalue weighted by Crippen LogP contribution is 2.35. The lowest BCUT2D eigenvalue weighted by molar-refractivity contribution is -0.139. The van der Waals surface area contributed by atoms with Gasteiger partial charge in [0.2, 0.25) is 0 Å². The molecule has 260 valence electrons. The summed E-state index contributed by atoms with van der Waals surface area (Å²) in [6, 6.07) is 5.33. The van der Waals surface area contributed by atoms with Crippen molar-refractivity contribution in [3.8, 4) is 17.6 Å². The van der Waals surface area contributed by atoms with Crippen molar-refractivity contribution in [1.82, 2.24) is 19.8 Å². The summed E-state index contributed by atoms with van der Waals surface area (Å²) in [6.07, 6.45) is -0.164. The smallest absolute Gasteiger partial charge is 0.406 e. The van der Waals surface area contributed by atoms with Gasteiger partial charge in [-0.05, 0) is 31.4 Å². The summed E-state index contributed by atoms with van der Waals surface area (Å²) in [4.78, 5) is 19.0. The fourth-order valence-corrected chi connectivity index (χ4v) is 7.14. The summed E-state index contributed by atoms with van der Waals surface area (Å²) in [5.41, 5.74) is 0.619. The molecule has 0 aliphatic carbocycles. The van der Waals surface area contributed by atoms with E-state index in [4.69, 9.17) is 22.1 Å². The van der Waals surface area contributed by atoms with E-state index in [2.05, 4.69) is 32.4 Å². The largest absolute Gasteiger partial charge is 0.495 e. The number of carbonyl (C=O) groups is 1. The van der Waals surface area contributed by atoms with E-state index in [0.29, 0.717) is 19.0 Å². The molecule has 1 aromatic heterocycles. The number of methoxy groups -OCH3 is 1. The Morgan fingerprint density at radius 3 is 2.60 bits per heavy atom. The fourth-order valence-electron chi connectivity index (χ4n) is 6.13. The third kappa shape index (κ3) is 8.19. The van der Waals surface area contributed by atoms with Gasteiger partial charge in [0.1, 0.15) is 28.5 Å². The molecule has 2 N–H and O–H groups in total. The van der Waals surface area contributed by atoms with Crippen LogP contribution >= 0.6 is 12.6 Å². The number of imidazole rings is 1. The van der Waals surface area contributed by atoms with E-state index < -0.39 is 44.0 Å². The summed E-state index contributed by atoms with van der Waals surface area (Å²) in [7, 11) is -2.54. The minimum atomic E-state index is -4.54. The Morgan fingerprint density at radius 1 is 1.23 bits per heavy atom. The van der Waals surface area contributed by atoms with Crippen molar-refractivity contribution in [2.75, 3.05) is 51.5 Å². The Balaban J connectivity index is 1.39. The highest BCUT2D eigenvalue weighted by molar-refractivity contribution is 7.90. The number of benzene rings is 2. The van der Waals surface area contributed by atoms with Gasteiger partial charge < -0.3 is 24.7 Å². The molecule has 48 heavy (non-hydrogen) atoms. The average Bonchev–Trinajstić information content (AvgIpc) is 3.41. The number of hydrogen-bond acceptors (Lipinski definition) is 9. The standard InChI is InChI=1S/C32H37F4N5O5S2/c1-20-17-40(22-6-11-46-12-7-22)10-8-31(20,47)39-30(42)23-13-21(14-26-29(23)38-19-41(26)18-32(34,35)36)5-4-9-37-25-15-24(33)28(48(3,43)44)16-27(25)45-2/h13-16,19-20,22,37,47H,6-12,17-18H2,1-3H3,(H,39,42)/t20-,31-/m0/s1. The molecule has 5 rings (SSSR count). The quantitative estimate of drug-likeness (QED) is 0.136. The number of nitrogens with zero attached hydrogens (tertiary/aromatic N) is 3. The van der Waals surface area contributed by atoms with Crippen LogP contribution in [0.1, 0.15) is 42.1 Å². The van der Waals surface area contributed by atoms with Crippen LogP contribution in [0.2, 0.25) is 0 Å². The summed E-state index contributed by atoms with van der Waals surface area (Å²) in [5.74, 6) is 4.19. The molecule has 3 aromatic rings. The fraction of sp³-hybridized carbons (Fsp3) is 0.500. The topological polar surface area (TPSA) is 115 Å². The van der Waals surface area contributed by atoms with E-state index >= 15 is 0 Å². The first kappa shape index (κ1) is 35.8. The predicted octanol–water partition coefficient (Wildman–Crippen LogP) is 4.49. The number of sulfone groups is 1. The van der Waals surface area contributed by atoms with Gasteiger partial charge in [0.25, 0.3) is 5.91 Å². The first-order chi connectivity index (χ1) is 22.6. The van der Waals surface area contributed by atoms with Crippen LogP contribution in [0.4, 0.5) is 23.2 Å². The molecule has 0 radical (unpaired) electrons. The summed E-state index contributed by atoms with van der Waals surface area (Å²) in [6.45, 7) is 3.50.